The molecule has 0 saturated carbocycles. The van der Waals surface area contributed by atoms with Gasteiger partial charge in [0.05, 0.1) is 49.0 Å². The first-order valence-electron chi connectivity index (χ1n) is 20.7. The number of carboxylic acids is 3. The Kier molecular flexibility index (Phi) is 15.6. The molecule has 0 atom stereocenters. The molecule has 0 fully saturated rings. The molecule has 5 aromatic rings. The first-order valence-corrected chi connectivity index (χ1v) is 20.7. The van der Waals surface area contributed by atoms with E-state index in [-0.39, 0.29) is 102 Å². The predicted molar refractivity (Wildman–Crippen MR) is 236 cm³/mol. The van der Waals surface area contributed by atoms with Gasteiger partial charge in [-0.1, -0.05) is 59.7 Å². The lowest BCUT2D eigenvalue weighted by Gasteiger charge is -2.26. The number of carbonyl (C=O) groups is 4. The van der Waals surface area contributed by atoms with Crippen LogP contribution in [0.1, 0.15) is 61.7 Å². The molecule has 8 bridgehead atoms. The van der Waals surface area contributed by atoms with Gasteiger partial charge in [-0.05, 0) is 55.8 Å². The molecule has 0 unspecified atom stereocenters. The molecule has 0 spiro atoms. The fraction of sp³-hybridized carbons (Fsp3) is 0.319. The lowest BCUT2D eigenvalue weighted by Crippen LogP contribution is -2.36. The highest BCUT2D eigenvalue weighted by molar-refractivity contribution is 5.78. The number of fused-ring (bicyclic) bond motifs is 8. The number of aryl methyl sites for hydroxylation is 2. The van der Waals surface area contributed by atoms with Gasteiger partial charge in [0.1, 0.15) is 11.5 Å². The highest BCUT2D eigenvalue weighted by Gasteiger charge is 2.23. The number of carboxylic acid groups (broad SMARTS) is 3. The Labute approximate surface area is 371 Å². The van der Waals surface area contributed by atoms with E-state index in [1.807, 2.05) is 36.9 Å². The number of aromatic hydroxyl groups is 2. The summed E-state index contributed by atoms with van der Waals surface area (Å²) in [5.41, 5.74) is 12.9. The maximum Gasteiger partial charge on any atom is 0.317 e. The number of anilines is 1. The lowest BCUT2D eigenvalue weighted by molar-refractivity contribution is -0.139. The maximum absolute atomic E-state index is 13.6. The third-order valence-electron chi connectivity index (χ3n) is 10.6. The summed E-state index contributed by atoms with van der Waals surface area (Å²) >= 11 is 0. The summed E-state index contributed by atoms with van der Waals surface area (Å²) in [7, 11) is 0. The van der Waals surface area contributed by atoms with Crippen molar-refractivity contribution in [3.8, 4) is 11.5 Å². The number of benzene rings is 3. The Morgan fingerprint density at radius 2 is 0.859 bits per heavy atom. The average Bonchev–Trinajstić information content (AvgIpc) is 3.20. The zero-order valence-electron chi connectivity index (χ0n) is 35.9. The second-order valence-electron chi connectivity index (χ2n) is 16.4. The second-order valence-corrected chi connectivity index (χ2v) is 16.4. The molecular formula is C47H54N8O9. The smallest absolute Gasteiger partial charge is 0.317 e. The number of carbonyl (C=O) groups excluding carboxylic acids is 1. The first kappa shape index (κ1) is 46.6. The monoisotopic (exact) mass is 874 g/mol. The van der Waals surface area contributed by atoms with Crippen LogP contribution in [0, 0.1) is 13.8 Å². The van der Waals surface area contributed by atoms with Crippen molar-refractivity contribution in [2.45, 2.75) is 72.8 Å². The SMILES string of the molecule is Cc1cc2c(O)c(c1)CN(CC(=O)O)Cc1cccc(n1)CN(CC(=O)NCc1ccc(N)cc1)Cc1cc(C)cc(c1O)CN(CC(=O)O)Cc1cccc(n1)CN(CC(=O)O)C2. The van der Waals surface area contributed by atoms with Crippen LogP contribution in [0.4, 0.5) is 5.69 Å². The molecule has 64 heavy (non-hydrogen) atoms. The summed E-state index contributed by atoms with van der Waals surface area (Å²) < 4.78 is 0. The molecule has 3 aromatic carbocycles. The molecule has 1 aliphatic rings. The van der Waals surface area contributed by atoms with E-state index in [9.17, 15) is 44.7 Å². The Bertz CT molecular complexity index is 2470. The number of phenols is 2. The summed E-state index contributed by atoms with van der Waals surface area (Å²) in [5.74, 6) is -3.69. The Morgan fingerprint density at radius 3 is 1.19 bits per heavy atom. The van der Waals surface area contributed by atoms with Crippen LogP contribution in [0.2, 0.25) is 0 Å². The minimum absolute atomic E-state index is 0.0251. The summed E-state index contributed by atoms with van der Waals surface area (Å²) in [5, 5.41) is 56.2. The zero-order valence-corrected chi connectivity index (χ0v) is 35.9. The highest BCUT2D eigenvalue weighted by Crippen LogP contribution is 2.30. The van der Waals surface area contributed by atoms with E-state index in [1.54, 1.807) is 81.4 Å². The van der Waals surface area contributed by atoms with Crippen molar-refractivity contribution in [2.75, 3.05) is 31.9 Å². The number of pyridine rings is 2. The van der Waals surface area contributed by atoms with Crippen molar-refractivity contribution in [1.29, 1.82) is 0 Å². The number of rotatable bonds is 10. The van der Waals surface area contributed by atoms with Gasteiger partial charge < -0.3 is 36.6 Å². The number of aromatic nitrogens is 2. The van der Waals surface area contributed by atoms with Crippen molar-refractivity contribution >= 4 is 29.5 Å². The van der Waals surface area contributed by atoms with Crippen molar-refractivity contribution in [1.82, 2.24) is 34.9 Å². The van der Waals surface area contributed by atoms with E-state index < -0.39 is 17.9 Å². The summed E-state index contributed by atoms with van der Waals surface area (Å²) in [6.07, 6.45) is 0. The van der Waals surface area contributed by atoms with Gasteiger partial charge in [0.2, 0.25) is 5.91 Å². The molecule has 336 valence electrons. The van der Waals surface area contributed by atoms with E-state index in [1.165, 1.54) is 0 Å². The Balaban J connectivity index is 1.40. The summed E-state index contributed by atoms with van der Waals surface area (Å²) in [6, 6.07) is 24.9. The maximum atomic E-state index is 13.6. The Hall–Kier alpha value is -6.92. The Morgan fingerprint density at radius 1 is 0.531 bits per heavy atom. The number of nitrogen functional groups attached to an aromatic ring is 1. The zero-order chi connectivity index (χ0) is 45.9. The van der Waals surface area contributed by atoms with E-state index in [4.69, 9.17) is 15.7 Å². The fourth-order valence-corrected chi connectivity index (χ4v) is 7.98. The number of nitrogens with one attached hydrogen (secondary N) is 1. The van der Waals surface area contributed by atoms with E-state index in [2.05, 4.69) is 5.32 Å². The normalized spacial score (nSPS) is 14.9. The van der Waals surface area contributed by atoms with Crippen molar-refractivity contribution in [2.24, 2.45) is 0 Å². The summed E-state index contributed by atoms with van der Waals surface area (Å²) in [4.78, 5) is 66.4. The van der Waals surface area contributed by atoms with Crippen molar-refractivity contribution in [3.63, 3.8) is 0 Å². The van der Waals surface area contributed by atoms with Gasteiger partial charge in [-0.25, -0.2) is 0 Å². The van der Waals surface area contributed by atoms with Gasteiger partial charge in [-0.3, -0.25) is 48.7 Å². The highest BCUT2D eigenvalue weighted by atomic mass is 16.4. The molecule has 8 N–H and O–H groups in total. The molecular weight excluding hydrogens is 821 g/mol. The first-order chi connectivity index (χ1) is 30.5. The predicted octanol–water partition coefficient (Wildman–Crippen LogP) is 3.98. The number of hydrogen-bond donors (Lipinski definition) is 7. The van der Waals surface area contributed by atoms with E-state index >= 15 is 0 Å². The lowest BCUT2D eigenvalue weighted by atomic mass is 10.0. The number of amides is 1. The minimum Gasteiger partial charge on any atom is -0.507 e. The number of phenolic OH excluding ortho intramolecular Hbond substituents is 2. The molecule has 0 saturated heterocycles. The fourth-order valence-electron chi connectivity index (χ4n) is 7.98. The van der Waals surface area contributed by atoms with Gasteiger partial charge in [0.25, 0.3) is 0 Å². The standard InChI is InChI=1S/C47H54N8O9/c1-30-13-33-18-52(26-42(56)49-17-32-9-11-37(48)12-10-32)22-38-5-3-6-39(50-38)23-54(28-44(59)60)20-35-15-31(2)16-36(47(35)64)21-55(29-45(61)62)25-41-8-4-7-40(51-41)24-53(27-43(57)58)19-34(14-30)46(33)63/h3-16,63-64H,17-29,48H2,1-2H3,(H,49,56)(H,57,58)(H,59,60)(H,61,62). The van der Waals surface area contributed by atoms with Gasteiger partial charge in [-0.15, -0.1) is 0 Å². The van der Waals surface area contributed by atoms with Crippen LogP contribution >= 0.6 is 0 Å². The van der Waals surface area contributed by atoms with Crippen LogP contribution in [0.15, 0.2) is 84.9 Å². The van der Waals surface area contributed by atoms with Crippen LogP contribution in [-0.4, -0.2) is 105 Å². The topological polar surface area (TPSA) is 246 Å². The number of hydrogen-bond acceptors (Lipinski definition) is 13. The number of nitrogens with zero attached hydrogens (tertiary/aromatic N) is 6. The van der Waals surface area contributed by atoms with Crippen LogP contribution in [0.5, 0.6) is 11.5 Å². The molecule has 0 radical (unpaired) electrons. The molecule has 17 nitrogen and oxygen atoms in total. The molecule has 17 heteroatoms. The third kappa shape index (κ3) is 13.8. The van der Waals surface area contributed by atoms with Crippen LogP contribution in [-0.2, 0) is 78.1 Å². The molecule has 6 rings (SSSR count). The average molecular weight is 875 g/mol. The third-order valence-corrected chi connectivity index (χ3v) is 10.6. The van der Waals surface area contributed by atoms with Crippen LogP contribution in [0.25, 0.3) is 0 Å². The largest absolute Gasteiger partial charge is 0.507 e. The van der Waals surface area contributed by atoms with Gasteiger partial charge in [0, 0.05) is 86.8 Å². The molecule has 1 aliphatic heterocycles. The van der Waals surface area contributed by atoms with Gasteiger partial charge >= 0.3 is 17.9 Å². The van der Waals surface area contributed by atoms with E-state index in [0.717, 1.165) is 16.7 Å². The van der Waals surface area contributed by atoms with Crippen molar-refractivity contribution in [3.05, 3.63) is 147 Å². The summed E-state index contributed by atoms with van der Waals surface area (Å²) in [6.45, 7) is 3.36. The number of nitrogens with two attached hydrogens (primary N) is 1. The van der Waals surface area contributed by atoms with Gasteiger partial charge in [0.15, 0.2) is 0 Å². The molecule has 0 aliphatic carbocycles. The molecule has 3 heterocycles. The van der Waals surface area contributed by atoms with Gasteiger partial charge in [-0.2, -0.15) is 0 Å². The second kappa shape index (κ2) is 21.4. The van der Waals surface area contributed by atoms with Crippen LogP contribution in [0.3, 0.4) is 0 Å². The molecule has 1 amide bonds. The minimum atomic E-state index is -1.09. The quantitative estimate of drug-likeness (QED) is 0.0981. The number of aliphatic carboxylic acids is 3. The van der Waals surface area contributed by atoms with E-state index in [0.29, 0.717) is 50.7 Å². The van der Waals surface area contributed by atoms with Crippen LogP contribution < -0.4 is 11.1 Å². The van der Waals surface area contributed by atoms with Crippen molar-refractivity contribution < 1.29 is 44.7 Å². The molecule has 2 aromatic heterocycles.